The summed E-state index contributed by atoms with van der Waals surface area (Å²) in [5.74, 6) is 0. The summed E-state index contributed by atoms with van der Waals surface area (Å²) in [7, 11) is 0. The van der Waals surface area contributed by atoms with E-state index in [0.29, 0.717) is 0 Å². The van der Waals surface area contributed by atoms with Gasteiger partial charge in [-0.15, -0.1) is 0 Å². The van der Waals surface area contributed by atoms with Crippen molar-refractivity contribution in [2.24, 2.45) is 0 Å². The lowest BCUT2D eigenvalue weighted by atomic mass is 10.1. The van der Waals surface area contributed by atoms with Gasteiger partial charge in [-0.1, -0.05) is 48.0 Å². The van der Waals surface area contributed by atoms with Crippen molar-refractivity contribution in [1.82, 2.24) is 9.38 Å². The van der Waals surface area contributed by atoms with Crippen LogP contribution in [0.1, 0.15) is 5.56 Å². The average Bonchev–Trinajstić information content (AvgIpc) is 2.86. The molecule has 2 heterocycles. The molecule has 0 radical (unpaired) electrons. The highest BCUT2D eigenvalue weighted by Gasteiger charge is 2.08. The lowest BCUT2D eigenvalue weighted by Gasteiger charge is -2.07. The summed E-state index contributed by atoms with van der Waals surface area (Å²) < 4.78 is 2.22. The highest BCUT2D eigenvalue weighted by atomic mass is 15.0. The Labute approximate surface area is 117 Å². The van der Waals surface area contributed by atoms with Gasteiger partial charge in [0, 0.05) is 0 Å². The fraction of sp³-hybridized carbons (Fsp3) is 0.0556. The Balaban J connectivity index is 2.11. The normalized spacial score (nSPS) is 11.2. The van der Waals surface area contributed by atoms with Crippen molar-refractivity contribution in [3.8, 4) is 11.3 Å². The molecule has 0 fully saturated rings. The topological polar surface area (TPSA) is 17.3 Å². The van der Waals surface area contributed by atoms with Crippen LogP contribution < -0.4 is 0 Å². The molecule has 0 saturated heterocycles. The van der Waals surface area contributed by atoms with Gasteiger partial charge in [0.2, 0.25) is 0 Å². The molecule has 0 atom stereocenters. The van der Waals surface area contributed by atoms with E-state index in [1.807, 2.05) is 6.07 Å². The quantitative estimate of drug-likeness (QED) is 0.492. The Kier molecular flexibility index (Phi) is 2.36. The minimum Gasteiger partial charge on any atom is -0.292 e. The summed E-state index contributed by atoms with van der Waals surface area (Å²) in [5, 5.41) is 0. The van der Waals surface area contributed by atoms with Gasteiger partial charge in [-0.05, 0) is 36.8 Å². The molecule has 96 valence electrons. The van der Waals surface area contributed by atoms with Crippen LogP contribution in [0.5, 0.6) is 0 Å². The molecule has 0 N–H and O–H groups in total. The maximum absolute atomic E-state index is 4.68. The third-order valence-electron chi connectivity index (χ3n) is 3.67. The molecule has 0 amide bonds. The Morgan fingerprint density at radius 1 is 0.800 bits per heavy atom. The molecule has 0 spiro atoms. The molecule has 2 aromatic heterocycles. The number of aryl methyl sites for hydroxylation is 1. The van der Waals surface area contributed by atoms with Crippen molar-refractivity contribution in [3.05, 3.63) is 72.3 Å². The number of fused-ring (bicyclic) bond motifs is 3. The lowest BCUT2D eigenvalue weighted by molar-refractivity contribution is 1.23. The summed E-state index contributed by atoms with van der Waals surface area (Å²) in [6, 6.07) is 23.1. The van der Waals surface area contributed by atoms with Gasteiger partial charge < -0.3 is 0 Å². The molecule has 4 rings (SSSR count). The van der Waals surface area contributed by atoms with Crippen molar-refractivity contribution in [3.63, 3.8) is 0 Å². The molecule has 0 bridgehead atoms. The molecule has 2 aromatic carbocycles. The number of para-hydroxylation sites is 2. The standard InChI is InChI=1S/C18H14N2/c1-13-9-11-14(12-10-13)16-7-4-8-18-19-15-5-2-3-6-17(15)20(16)18/h2-12H,1H3. The fourth-order valence-corrected chi connectivity index (χ4v) is 2.66. The first kappa shape index (κ1) is 11.2. The minimum absolute atomic E-state index is 0.990. The van der Waals surface area contributed by atoms with Crippen molar-refractivity contribution in [1.29, 1.82) is 0 Å². The van der Waals surface area contributed by atoms with Crippen molar-refractivity contribution < 1.29 is 0 Å². The number of pyridine rings is 1. The van der Waals surface area contributed by atoms with Gasteiger partial charge in [-0.2, -0.15) is 0 Å². The van der Waals surface area contributed by atoms with Crippen LogP contribution in [0.3, 0.4) is 0 Å². The number of rotatable bonds is 1. The molecular weight excluding hydrogens is 244 g/mol. The monoisotopic (exact) mass is 258 g/mol. The molecule has 0 aliphatic carbocycles. The van der Waals surface area contributed by atoms with Crippen LogP contribution >= 0.6 is 0 Å². The summed E-state index contributed by atoms with van der Waals surface area (Å²) in [6.45, 7) is 2.11. The molecule has 2 nitrogen and oxygen atoms in total. The zero-order chi connectivity index (χ0) is 13.5. The average molecular weight is 258 g/mol. The molecule has 0 aliphatic heterocycles. The van der Waals surface area contributed by atoms with Gasteiger partial charge in [-0.3, -0.25) is 4.40 Å². The smallest absolute Gasteiger partial charge is 0.138 e. The highest BCUT2D eigenvalue weighted by molar-refractivity contribution is 5.83. The Bertz CT molecular complexity index is 902. The molecule has 0 saturated carbocycles. The van der Waals surface area contributed by atoms with Crippen LogP contribution in [0.25, 0.3) is 27.9 Å². The molecule has 4 aromatic rings. The van der Waals surface area contributed by atoms with E-state index < -0.39 is 0 Å². The van der Waals surface area contributed by atoms with Crippen LogP contribution in [0.2, 0.25) is 0 Å². The molecular formula is C18H14N2. The number of hydrogen-bond donors (Lipinski definition) is 0. The third-order valence-corrected chi connectivity index (χ3v) is 3.67. The predicted octanol–water partition coefficient (Wildman–Crippen LogP) is 4.46. The van der Waals surface area contributed by atoms with Crippen LogP contribution in [0, 0.1) is 6.92 Å². The van der Waals surface area contributed by atoms with Crippen molar-refractivity contribution in [2.45, 2.75) is 6.92 Å². The maximum Gasteiger partial charge on any atom is 0.138 e. The third kappa shape index (κ3) is 1.62. The highest BCUT2D eigenvalue weighted by Crippen LogP contribution is 2.25. The first-order valence-electron chi connectivity index (χ1n) is 6.76. The number of benzene rings is 2. The molecule has 20 heavy (non-hydrogen) atoms. The summed E-state index contributed by atoms with van der Waals surface area (Å²) >= 11 is 0. The minimum atomic E-state index is 0.990. The molecule has 2 heteroatoms. The van der Waals surface area contributed by atoms with E-state index in [1.165, 1.54) is 16.8 Å². The zero-order valence-electron chi connectivity index (χ0n) is 11.2. The zero-order valence-corrected chi connectivity index (χ0v) is 11.2. The van der Waals surface area contributed by atoms with Crippen LogP contribution in [-0.2, 0) is 0 Å². The van der Waals surface area contributed by atoms with Gasteiger partial charge in [0.25, 0.3) is 0 Å². The second kappa shape index (κ2) is 4.20. The van der Waals surface area contributed by atoms with Crippen LogP contribution in [0.4, 0.5) is 0 Å². The van der Waals surface area contributed by atoms with Gasteiger partial charge in [-0.25, -0.2) is 4.98 Å². The van der Waals surface area contributed by atoms with E-state index in [0.717, 1.165) is 16.7 Å². The van der Waals surface area contributed by atoms with E-state index in [4.69, 9.17) is 0 Å². The van der Waals surface area contributed by atoms with E-state index in [9.17, 15) is 0 Å². The number of imidazole rings is 1. The van der Waals surface area contributed by atoms with Crippen LogP contribution in [-0.4, -0.2) is 9.38 Å². The predicted molar refractivity (Wildman–Crippen MR) is 82.9 cm³/mol. The van der Waals surface area contributed by atoms with E-state index in [1.54, 1.807) is 0 Å². The second-order valence-corrected chi connectivity index (χ2v) is 5.07. The number of aromatic nitrogens is 2. The van der Waals surface area contributed by atoms with E-state index in [2.05, 4.69) is 77.0 Å². The van der Waals surface area contributed by atoms with Crippen LogP contribution in [0.15, 0.2) is 66.7 Å². The number of hydrogen-bond acceptors (Lipinski definition) is 1. The van der Waals surface area contributed by atoms with E-state index >= 15 is 0 Å². The van der Waals surface area contributed by atoms with E-state index in [-0.39, 0.29) is 0 Å². The maximum atomic E-state index is 4.68. The summed E-state index contributed by atoms with van der Waals surface area (Å²) in [5.41, 5.74) is 6.84. The largest absolute Gasteiger partial charge is 0.292 e. The molecule has 0 aliphatic rings. The van der Waals surface area contributed by atoms with Gasteiger partial charge >= 0.3 is 0 Å². The lowest BCUT2D eigenvalue weighted by Crippen LogP contribution is -1.91. The van der Waals surface area contributed by atoms with Gasteiger partial charge in [0.05, 0.1) is 16.7 Å². The Hall–Kier alpha value is -2.61. The Morgan fingerprint density at radius 3 is 2.45 bits per heavy atom. The number of nitrogens with zero attached hydrogens (tertiary/aromatic N) is 2. The van der Waals surface area contributed by atoms with Crippen molar-refractivity contribution >= 4 is 16.7 Å². The first-order valence-corrected chi connectivity index (χ1v) is 6.76. The summed E-state index contributed by atoms with van der Waals surface area (Å²) in [4.78, 5) is 4.68. The summed E-state index contributed by atoms with van der Waals surface area (Å²) in [6.07, 6.45) is 0. The second-order valence-electron chi connectivity index (χ2n) is 5.07. The SMILES string of the molecule is Cc1ccc(-c2cccc3nc4ccccc4n23)cc1. The first-order chi connectivity index (χ1) is 9.83. The van der Waals surface area contributed by atoms with Gasteiger partial charge in [0.15, 0.2) is 0 Å². The van der Waals surface area contributed by atoms with Gasteiger partial charge in [0.1, 0.15) is 5.65 Å². The van der Waals surface area contributed by atoms with Crippen molar-refractivity contribution in [2.75, 3.05) is 0 Å². The Morgan fingerprint density at radius 2 is 1.60 bits per heavy atom. The molecule has 0 unspecified atom stereocenters. The fourth-order valence-electron chi connectivity index (χ4n) is 2.66.